The number of allylic oxidation sites excluding steroid dienone is 2. The normalized spacial score (nSPS) is 19.7. The van der Waals surface area contributed by atoms with E-state index in [0.29, 0.717) is 11.4 Å². The van der Waals surface area contributed by atoms with Gasteiger partial charge in [0, 0.05) is 34.4 Å². The predicted octanol–water partition coefficient (Wildman–Crippen LogP) is 12.5. The summed E-state index contributed by atoms with van der Waals surface area (Å²) in [7, 11) is 0. The molecule has 0 saturated carbocycles. The molecule has 2 aliphatic carbocycles. The molecule has 48 heavy (non-hydrogen) atoms. The summed E-state index contributed by atoms with van der Waals surface area (Å²) in [6.45, 7) is 3.88. The smallest absolute Gasteiger partial charge is 0.0651 e. The summed E-state index contributed by atoms with van der Waals surface area (Å²) in [6, 6.07) is 20.2. The summed E-state index contributed by atoms with van der Waals surface area (Å²) in [5, 5.41) is -0.146. The van der Waals surface area contributed by atoms with Gasteiger partial charge in [0.05, 0.1) is 19.7 Å². The Kier molecular flexibility index (Phi) is 4.10. The van der Waals surface area contributed by atoms with Crippen LogP contribution >= 0.6 is 0 Å². The maximum atomic E-state index is 9.68. The highest BCUT2D eigenvalue weighted by atomic mass is 15.2. The summed E-state index contributed by atoms with van der Waals surface area (Å²) in [4.78, 5) is 3.64. The first-order valence-electron chi connectivity index (χ1n) is 21.1. The summed E-state index contributed by atoms with van der Waals surface area (Å²) >= 11 is 0. The van der Waals surface area contributed by atoms with Gasteiger partial charge in [-0.05, 0) is 141 Å². The largest absolute Gasteiger partial charge is 0.333 e. The molecule has 2 unspecified atom stereocenters. The van der Waals surface area contributed by atoms with Crippen molar-refractivity contribution in [3.63, 3.8) is 0 Å². The lowest BCUT2D eigenvalue weighted by Crippen LogP contribution is -2.28. The van der Waals surface area contributed by atoms with Crippen molar-refractivity contribution in [2.24, 2.45) is 0 Å². The van der Waals surface area contributed by atoms with E-state index in [1.165, 1.54) is 0 Å². The molecule has 0 amide bonds. The van der Waals surface area contributed by atoms with E-state index in [2.05, 4.69) is 6.08 Å². The van der Waals surface area contributed by atoms with Crippen molar-refractivity contribution in [3.8, 4) is 22.3 Å². The average molecular weight is 625 g/mol. The van der Waals surface area contributed by atoms with Crippen molar-refractivity contribution in [1.29, 1.82) is 0 Å². The number of hydrogen-bond donors (Lipinski definition) is 0. The van der Waals surface area contributed by atoms with Gasteiger partial charge in [-0.25, -0.2) is 0 Å². The van der Waals surface area contributed by atoms with Crippen LogP contribution in [0.2, 0.25) is 0 Å². The van der Waals surface area contributed by atoms with Crippen LogP contribution in [0.25, 0.3) is 43.8 Å². The summed E-state index contributed by atoms with van der Waals surface area (Å²) in [5.41, 5.74) is 5.86. The van der Waals surface area contributed by atoms with E-state index in [4.69, 9.17) is 0 Å². The topological polar surface area (TPSA) is 6.48 Å². The highest BCUT2D eigenvalue weighted by molar-refractivity contribution is 6.12. The lowest BCUT2D eigenvalue weighted by Gasteiger charge is -2.30. The molecule has 10 rings (SSSR count). The molecule has 228 valence electrons. The Morgan fingerprint density at radius 3 is 2.00 bits per heavy atom. The second kappa shape index (κ2) is 10.3. The van der Waals surface area contributed by atoms with Gasteiger partial charge in [0.2, 0.25) is 0 Å². The molecule has 1 heterocycles. The van der Waals surface area contributed by atoms with Crippen molar-refractivity contribution in [1.82, 2.24) is 0 Å². The predicted molar refractivity (Wildman–Crippen MR) is 203 cm³/mol. The number of nitrogens with zero attached hydrogens (tertiary/aromatic N) is 2. The fraction of sp³-hybridized carbons (Fsp3) is 0.0870. The SMILES string of the molecule is [2H]c1c(N(c2ccc(C)cc2)c2ccccc2C)c([2H])c2c([2H])c3c(c([2H])c2c1[2H])-c1c-3c([2H])c2c([2H])c(N3c4ccccc4C4C=CC=CC43)c([2H])c([2H])c2c1[2H]. The fourth-order valence-corrected chi connectivity index (χ4v) is 7.28. The van der Waals surface area contributed by atoms with Gasteiger partial charge in [-0.1, -0.05) is 90.5 Å². The van der Waals surface area contributed by atoms with E-state index in [0.717, 1.165) is 22.4 Å². The third kappa shape index (κ3) is 4.06. The van der Waals surface area contributed by atoms with Crippen molar-refractivity contribution in [3.05, 3.63) is 174 Å². The highest BCUT2D eigenvalue weighted by Crippen LogP contribution is 2.52. The van der Waals surface area contributed by atoms with Crippen molar-refractivity contribution < 1.29 is 13.7 Å². The van der Waals surface area contributed by atoms with Gasteiger partial charge in [-0.3, -0.25) is 0 Å². The molecule has 7 aromatic carbocycles. The lowest BCUT2D eigenvalue weighted by molar-refractivity contribution is 0.745. The summed E-state index contributed by atoms with van der Waals surface area (Å²) < 4.78 is 94.7. The first-order valence-corrected chi connectivity index (χ1v) is 16.1. The van der Waals surface area contributed by atoms with Crippen LogP contribution in [0.15, 0.2) is 158 Å². The van der Waals surface area contributed by atoms with Crippen LogP contribution in [-0.4, -0.2) is 6.04 Å². The average Bonchev–Trinajstić information content (AvgIpc) is 3.52. The molecule has 0 radical (unpaired) electrons. The third-order valence-electron chi connectivity index (χ3n) is 9.67. The van der Waals surface area contributed by atoms with Crippen LogP contribution in [-0.2, 0) is 0 Å². The van der Waals surface area contributed by atoms with E-state index in [9.17, 15) is 13.7 Å². The minimum atomic E-state index is -0.344. The number of para-hydroxylation sites is 2. The molecule has 2 nitrogen and oxygen atoms in total. The Morgan fingerprint density at radius 2 is 1.23 bits per heavy atom. The fourth-order valence-electron chi connectivity index (χ4n) is 7.28. The van der Waals surface area contributed by atoms with Crippen LogP contribution in [0.4, 0.5) is 28.4 Å². The molecule has 0 aromatic heterocycles. The molecule has 2 atom stereocenters. The quantitative estimate of drug-likeness (QED) is 0.192. The van der Waals surface area contributed by atoms with Gasteiger partial charge >= 0.3 is 0 Å². The van der Waals surface area contributed by atoms with Crippen LogP contribution in [0.5, 0.6) is 0 Å². The Balaban J connectivity index is 1.24. The zero-order chi connectivity index (χ0) is 40.6. The Morgan fingerprint density at radius 1 is 0.583 bits per heavy atom. The summed E-state index contributed by atoms with van der Waals surface area (Å²) in [6.07, 6.45) is 7.97. The number of benzene rings is 7. The number of aryl methyl sites for hydroxylation is 2. The second-order valence-electron chi connectivity index (χ2n) is 12.6. The molecular weight excluding hydrogens is 581 g/mol. The molecular formula is C46H34N2. The number of fused-ring (bicyclic) bond motifs is 9. The Labute approximate surface area is 295 Å². The molecule has 0 fully saturated rings. The lowest BCUT2D eigenvalue weighted by atomic mass is 9.78. The van der Waals surface area contributed by atoms with E-state index < -0.39 is 0 Å². The standard InChI is InChI=1S/C46H34N2/c1-29-15-19-35(20-16-29)47(44-12-6-3-9-30(44)2)36-21-17-31-25-40-41-26-32-18-22-37(24-34(32)28-43(41)42(40)27-33(31)23-36)48-45-13-7-4-10-38(45)39-11-5-8-14-46(39)48/h3-28,38,45H,1-2H3/i17D,18D,21D,22D,23D,24D,25D,26D,27D,28D. The molecule has 0 bridgehead atoms. The van der Waals surface area contributed by atoms with Gasteiger partial charge in [-0.15, -0.1) is 0 Å². The zero-order valence-electron chi connectivity index (χ0n) is 36.3. The third-order valence-corrected chi connectivity index (χ3v) is 9.67. The second-order valence-corrected chi connectivity index (χ2v) is 12.6. The molecule has 0 N–H and O–H groups in total. The van der Waals surface area contributed by atoms with Gasteiger partial charge in [0.1, 0.15) is 0 Å². The van der Waals surface area contributed by atoms with E-state index in [1.54, 1.807) is 4.90 Å². The minimum Gasteiger partial charge on any atom is -0.333 e. The van der Waals surface area contributed by atoms with E-state index in [1.807, 2.05) is 110 Å². The number of hydrogen-bond acceptors (Lipinski definition) is 2. The Bertz CT molecular complexity index is 3060. The van der Waals surface area contributed by atoms with E-state index in [-0.39, 0.29) is 128 Å². The van der Waals surface area contributed by atoms with Gasteiger partial charge < -0.3 is 9.80 Å². The van der Waals surface area contributed by atoms with Crippen molar-refractivity contribution >= 4 is 50.0 Å². The van der Waals surface area contributed by atoms with Gasteiger partial charge in [-0.2, -0.15) is 0 Å². The monoisotopic (exact) mass is 624 g/mol. The van der Waals surface area contributed by atoms with Crippen LogP contribution in [0, 0.1) is 13.8 Å². The molecule has 1 aliphatic heterocycles. The molecule has 0 saturated heterocycles. The van der Waals surface area contributed by atoms with Gasteiger partial charge in [0.15, 0.2) is 0 Å². The maximum Gasteiger partial charge on any atom is 0.0651 e. The molecule has 7 aromatic rings. The van der Waals surface area contributed by atoms with Crippen LogP contribution < -0.4 is 9.80 Å². The maximum absolute atomic E-state index is 9.68. The zero-order valence-corrected chi connectivity index (χ0v) is 26.3. The minimum absolute atomic E-state index is 0.00672. The molecule has 3 aliphatic rings. The summed E-state index contributed by atoms with van der Waals surface area (Å²) in [5.74, 6) is -0.0479. The van der Waals surface area contributed by atoms with E-state index >= 15 is 0 Å². The van der Waals surface area contributed by atoms with Gasteiger partial charge in [0.25, 0.3) is 0 Å². The van der Waals surface area contributed by atoms with Crippen LogP contribution in [0.1, 0.15) is 36.3 Å². The highest BCUT2D eigenvalue weighted by Gasteiger charge is 2.37. The van der Waals surface area contributed by atoms with Crippen molar-refractivity contribution in [2.75, 3.05) is 9.80 Å². The molecule has 0 spiro atoms. The first kappa shape index (κ1) is 19.1. The first-order chi connectivity index (χ1) is 27.8. The number of anilines is 5. The molecule has 2 heteroatoms. The van der Waals surface area contributed by atoms with Crippen molar-refractivity contribution in [2.45, 2.75) is 25.8 Å². The number of rotatable bonds is 4. The Hall–Kier alpha value is -5.86. The van der Waals surface area contributed by atoms with Crippen LogP contribution in [0.3, 0.4) is 0 Å².